The third-order valence-corrected chi connectivity index (χ3v) is 4.72. The molecule has 3 aromatic rings. The first-order valence-corrected chi connectivity index (χ1v) is 8.62. The fourth-order valence-electron chi connectivity index (χ4n) is 3.30. The van der Waals surface area contributed by atoms with E-state index in [2.05, 4.69) is 33.9 Å². The molecular weight excluding hydrogens is 314 g/mol. The quantitative estimate of drug-likeness (QED) is 0.798. The summed E-state index contributed by atoms with van der Waals surface area (Å²) in [6.45, 7) is 4.77. The van der Waals surface area contributed by atoms with Crippen molar-refractivity contribution in [1.29, 1.82) is 0 Å². The molecule has 0 atom stereocenters. The van der Waals surface area contributed by atoms with Crippen molar-refractivity contribution in [2.45, 2.75) is 26.5 Å². The molecule has 1 aliphatic heterocycles. The lowest BCUT2D eigenvalue weighted by molar-refractivity contribution is 0.0830. The van der Waals surface area contributed by atoms with Crippen molar-refractivity contribution in [3.05, 3.63) is 65.0 Å². The smallest absolute Gasteiger partial charge is 0.251 e. The Morgan fingerprint density at radius 3 is 3.04 bits per heavy atom. The number of carbonyl (C=O) groups excluding carboxylic acids is 1. The minimum Gasteiger partial charge on any atom is -0.372 e. The number of ether oxygens (including phenoxy) is 1. The summed E-state index contributed by atoms with van der Waals surface area (Å²) in [5, 5.41) is 3.00. The summed E-state index contributed by atoms with van der Waals surface area (Å²) in [5.41, 5.74) is 5.08. The zero-order chi connectivity index (χ0) is 17.2. The Morgan fingerprint density at radius 2 is 2.16 bits per heavy atom. The first-order chi connectivity index (χ1) is 12.2. The highest BCUT2D eigenvalue weighted by molar-refractivity contribution is 5.97. The molecule has 5 nitrogen and oxygen atoms in total. The lowest BCUT2D eigenvalue weighted by atomic mass is 10.1. The zero-order valence-electron chi connectivity index (χ0n) is 14.3. The van der Waals surface area contributed by atoms with Crippen LogP contribution in [0.2, 0.25) is 0 Å². The number of aryl methyl sites for hydroxylation is 1. The molecule has 4 rings (SSSR count). The van der Waals surface area contributed by atoms with E-state index in [9.17, 15) is 4.79 Å². The van der Waals surface area contributed by atoms with Gasteiger partial charge in [-0.2, -0.15) is 0 Å². The number of amides is 1. The number of benzene rings is 2. The molecule has 0 fully saturated rings. The van der Waals surface area contributed by atoms with E-state index in [1.54, 1.807) is 0 Å². The number of rotatable bonds is 4. The fourth-order valence-corrected chi connectivity index (χ4v) is 3.30. The second kappa shape index (κ2) is 6.69. The average Bonchev–Trinajstić information content (AvgIpc) is 3.01. The van der Waals surface area contributed by atoms with Gasteiger partial charge in [0.2, 0.25) is 0 Å². The standard InChI is InChI=1S/C20H21N3O2/c1-14-4-2-3-5-15(14)8-9-21-20(24)16-6-7-18-17(12-16)22-19-13-25-11-10-23(18)19/h2-7,12H,8-11,13H2,1H3,(H,21,24). The van der Waals surface area contributed by atoms with E-state index in [1.807, 2.05) is 30.3 Å². The molecule has 1 N–H and O–H groups in total. The van der Waals surface area contributed by atoms with Gasteiger partial charge in [-0.05, 0) is 42.7 Å². The number of nitrogens with one attached hydrogen (secondary N) is 1. The third kappa shape index (κ3) is 3.15. The zero-order valence-corrected chi connectivity index (χ0v) is 14.3. The number of aromatic nitrogens is 2. The molecule has 0 radical (unpaired) electrons. The summed E-state index contributed by atoms with van der Waals surface area (Å²) in [7, 11) is 0. The molecule has 2 heterocycles. The van der Waals surface area contributed by atoms with E-state index >= 15 is 0 Å². The molecule has 5 heteroatoms. The molecular formula is C20H21N3O2. The van der Waals surface area contributed by atoms with Crippen molar-refractivity contribution in [1.82, 2.24) is 14.9 Å². The Balaban J connectivity index is 1.46. The number of nitrogens with zero attached hydrogens (tertiary/aromatic N) is 2. The molecule has 0 bridgehead atoms. The number of fused-ring (bicyclic) bond motifs is 3. The summed E-state index contributed by atoms with van der Waals surface area (Å²) in [5.74, 6) is 0.871. The van der Waals surface area contributed by atoms with Crippen LogP contribution in [0.1, 0.15) is 27.3 Å². The maximum Gasteiger partial charge on any atom is 0.251 e. The predicted molar refractivity (Wildman–Crippen MR) is 96.6 cm³/mol. The fraction of sp³-hybridized carbons (Fsp3) is 0.300. The van der Waals surface area contributed by atoms with Crippen LogP contribution in [0, 0.1) is 6.92 Å². The number of hydrogen-bond donors (Lipinski definition) is 1. The van der Waals surface area contributed by atoms with Crippen molar-refractivity contribution in [3.63, 3.8) is 0 Å². The van der Waals surface area contributed by atoms with Gasteiger partial charge in [-0.25, -0.2) is 4.98 Å². The molecule has 0 saturated heterocycles. The molecule has 0 aliphatic carbocycles. The normalized spacial score (nSPS) is 13.6. The third-order valence-electron chi connectivity index (χ3n) is 4.72. The molecule has 0 unspecified atom stereocenters. The van der Waals surface area contributed by atoms with Crippen LogP contribution >= 0.6 is 0 Å². The van der Waals surface area contributed by atoms with Crippen molar-refractivity contribution in [3.8, 4) is 0 Å². The second-order valence-electron chi connectivity index (χ2n) is 6.37. The van der Waals surface area contributed by atoms with Crippen molar-refractivity contribution >= 4 is 16.9 Å². The molecule has 1 aromatic heterocycles. The molecule has 0 saturated carbocycles. The van der Waals surface area contributed by atoms with Gasteiger partial charge >= 0.3 is 0 Å². The van der Waals surface area contributed by atoms with Crippen LogP contribution in [0.3, 0.4) is 0 Å². The van der Waals surface area contributed by atoms with Gasteiger partial charge in [0, 0.05) is 18.7 Å². The Morgan fingerprint density at radius 1 is 1.28 bits per heavy atom. The van der Waals surface area contributed by atoms with Crippen molar-refractivity contribution in [2.24, 2.45) is 0 Å². The van der Waals surface area contributed by atoms with E-state index in [-0.39, 0.29) is 5.91 Å². The van der Waals surface area contributed by atoms with Gasteiger partial charge in [-0.3, -0.25) is 4.79 Å². The van der Waals surface area contributed by atoms with E-state index in [0.717, 1.165) is 29.8 Å². The first-order valence-electron chi connectivity index (χ1n) is 8.62. The predicted octanol–water partition coefficient (Wildman–Crippen LogP) is 2.85. The molecule has 2 aromatic carbocycles. The Bertz CT molecular complexity index is 930. The van der Waals surface area contributed by atoms with E-state index in [4.69, 9.17) is 4.74 Å². The summed E-state index contributed by atoms with van der Waals surface area (Å²) >= 11 is 0. The van der Waals surface area contributed by atoms with Crippen LogP contribution < -0.4 is 5.32 Å². The highest BCUT2D eigenvalue weighted by Crippen LogP contribution is 2.21. The topological polar surface area (TPSA) is 56.2 Å². The minimum absolute atomic E-state index is 0.0577. The van der Waals surface area contributed by atoms with E-state index < -0.39 is 0 Å². The van der Waals surface area contributed by atoms with Gasteiger partial charge in [-0.15, -0.1) is 0 Å². The minimum atomic E-state index is -0.0577. The molecule has 1 amide bonds. The highest BCUT2D eigenvalue weighted by atomic mass is 16.5. The summed E-state index contributed by atoms with van der Waals surface area (Å²) in [6, 6.07) is 14.0. The Labute approximate surface area is 146 Å². The molecule has 0 spiro atoms. The number of hydrogen-bond acceptors (Lipinski definition) is 3. The molecule has 128 valence electrons. The van der Waals surface area contributed by atoms with Crippen LogP contribution in [-0.4, -0.2) is 28.6 Å². The lowest BCUT2D eigenvalue weighted by Crippen LogP contribution is -2.25. The van der Waals surface area contributed by atoms with Crippen molar-refractivity contribution < 1.29 is 9.53 Å². The van der Waals surface area contributed by atoms with Gasteiger partial charge < -0.3 is 14.6 Å². The van der Waals surface area contributed by atoms with E-state index in [0.29, 0.717) is 25.3 Å². The highest BCUT2D eigenvalue weighted by Gasteiger charge is 2.16. The number of carbonyl (C=O) groups is 1. The maximum atomic E-state index is 12.4. The van der Waals surface area contributed by atoms with Crippen LogP contribution in [0.4, 0.5) is 0 Å². The van der Waals surface area contributed by atoms with E-state index in [1.165, 1.54) is 11.1 Å². The van der Waals surface area contributed by atoms with Gasteiger partial charge in [0.1, 0.15) is 12.4 Å². The monoisotopic (exact) mass is 335 g/mol. The van der Waals surface area contributed by atoms with Crippen molar-refractivity contribution in [2.75, 3.05) is 13.2 Å². The summed E-state index contributed by atoms with van der Waals surface area (Å²) in [6.07, 6.45) is 0.830. The lowest BCUT2D eigenvalue weighted by Gasteiger charge is -2.14. The van der Waals surface area contributed by atoms with Crippen LogP contribution in [0.25, 0.3) is 11.0 Å². The molecule has 1 aliphatic rings. The first kappa shape index (κ1) is 15.8. The maximum absolute atomic E-state index is 12.4. The summed E-state index contributed by atoms with van der Waals surface area (Å²) in [4.78, 5) is 17.0. The van der Waals surface area contributed by atoms with Gasteiger partial charge in [0.15, 0.2) is 0 Å². The summed E-state index contributed by atoms with van der Waals surface area (Å²) < 4.78 is 7.61. The SMILES string of the molecule is Cc1ccccc1CCNC(=O)c1ccc2c(c1)nc1n2CCOC1. The largest absolute Gasteiger partial charge is 0.372 e. The Kier molecular flexibility index (Phi) is 4.24. The van der Waals surface area contributed by atoms with Crippen LogP contribution in [-0.2, 0) is 24.3 Å². The molecule has 25 heavy (non-hydrogen) atoms. The number of imidazole rings is 1. The van der Waals surface area contributed by atoms with Gasteiger partial charge in [-0.1, -0.05) is 24.3 Å². The average molecular weight is 335 g/mol. The Hall–Kier alpha value is -2.66. The van der Waals surface area contributed by atoms with Gasteiger partial charge in [0.05, 0.1) is 17.6 Å². The van der Waals surface area contributed by atoms with Crippen LogP contribution in [0.5, 0.6) is 0 Å². The van der Waals surface area contributed by atoms with Gasteiger partial charge in [0.25, 0.3) is 5.91 Å². The van der Waals surface area contributed by atoms with Crippen LogP contribution in [0.15, 0.2) is 42.5 Å². The second-order valence-corrected chi connectivity index (χ2v) is 6.37.